The van der Waals surface area contributed by atoms with Gasteiger partial charge in [0.1, 0.15) is 11.5 Å². The highest BCUT2D eigenvalue weighted by atomic mass is 19.1. The maximum atomic E-state index is 13.7. The summed E-state index contributed by atoms with van der Waals surface area (Å²) < 4.78 is 18.2. The van der Waals surface area contributed by atoms with Gasteiger partial charge in [0.15, 0.2) is 0 Å². The molecule has 0 saturated carbocycles. The van der Waals surface area contributed by atoms with Gasteiger partial charge >= 0.3 is 5.97 Å². The van der Waals surface area contributed by atoms with Crippen molar-refractivity contribution in [1.82, 2.24) is 0 Å². The van der Waals surface area contributed by atoms with Crippen LogP contribution in [0.4, 0.5) is 21.5 Å². The summed E-state index contributed by atoms with van der Waals surface area (Å²) in [6.45, 7) is -0.171. The van der Waals surface area contributed by atoms with Gasteiger partial charge in [0, 0.05) is 18.2 Å². The minimum Gasteiger partial charge on any atom is -0.465 e. The number of nitrogens with zero attached hydrogens (tertiary/aromatic N) is 2. The first kappa shape index (κ1) is 17.8. The molecule has 2 aromatic carbocycles. The SMILES string of the molecule is COC(=O)c1cc([N+](=O)[O-])cc([N+](=O)[O-])c1NCc1ccccc1F. The van der Waals surface area contributed by atoms with Gasteiger partial charge in [0.25, 0.3) is 11.4 Å². The summed E-state index contributed by atoms with van der Waals surface area (Å²) in [6.07, 6.45) is 0. The fraction of sp³-hybridized carbons (Fsp3) is 0.133. The maximum Gasteiger partial charge on any atom is 0.340 e. The van der Waals surface area contributed by atoms with Gasteiger partial charge in [0.05, 0.1) is 28.6 Å². The molecule has 2 aromatic rings. The zero-order valence-electron chi connectivity index (χ0n) is 12.9. The van der Waals surface area contributed by atoms with Crippen LogP contribution in [0, 0.1) is 26.0 Å². The van der Waals surface area contributed by atoms with Crippen molar-refractivity contribution < 1.29 is 23.8 Å². The standard InChI is InChI=1S/C15H12FN3O6/c1-25-15(20)11-6-10(18(21)22)7-13(19(23)24)14(11)17-8-9-4-2-3-5-12(9)16/h2-7,17H,8H2,1H3. The molecule has 0 spiro atoms. The molecular weight excluding hydrogens is 337 g/mol. The van der Waals surface area contributed by atoms with Crippen LogP contribution in [-0.4, -0.2) is 22.9 Å². The molecule has 0 saturated heterocycles. The van der Waals surface area contributed by atoms with Gasteiger partial charge < -0.3 is 10.1 Å². The average Bonchev–Trinajstić information content (AvgIpc) is 2.59. The van der Waals surface area contributed by atoms with E-state index >= 15 is 0 Å². The first-order valence-corrected chi connectivity index (χ1v) is 6.87. The minimum atomic E-state index is -0.997. The van der Waals surface area contributed by atoms with Crippen LogP contribution in [0.25, 0.3) is 0 Å². The van der Waals surface area contributed by atoms with Crippen LogP contribution in [-0.2, 0) is 11.3 Å². The number of hydrogen-bond acceptors (Lipinski definition) is 7. The van der Waals surface area contributed by atoms with Gasteiger partial charge in [0.2, 0.25) is 0 Å². The number of halogens is 1. The first-order chi connectivity index (χ1) is 11.8. The lowest BCUT2D eigenvalue weighted by Crippen LogP contribution is -2.12. The average molecular weight is 349 g/mol. The van der Waals surface area contributed by atoms with E-state index in [1.54, 1.807) is 6.07 Å². The van der Waals surface area contributed by atoms with E-state index in [0.717, 1.165) is 19.2 Å². The quantitative estimate of drug-likeness (QED) is 0.482. The summed E-state index contributed by atoms with van der Waals surface area (Å²) in [7, 11) is 1.04. The number of nitrogens with one attached hydrogen (secondary N) is 1. The van der Waals surface area contributed by atoms with Crippen LogP contribution in [0.2, 0.25) is 0 Å². The Labute approximate surface area is 140 Å². The van der Waals surface area contributed by atoms with Gasteiger partial charge in [-0.2, -0.15) is 0 Å². The fourth-order valence-electron chi connectivity index (χ4n) is 2.14. The second-order valence-electron chi connectivity index (χ2n) is 4.84. The Morgan fingerprint density at radius 3 is 2.44 bits per heavy atom. The number of nitro groups is 2. The molecular formula is C15H12FN3O6. The molecule has 10 heteroatoms. The molecule has 0 heterocycles. The Hall–Kier alpha value is -3.56. The number of rotatable bonds is 6. The van der Waals surface area contributed by atoms with Crippen LogP contribution >= 0.6 is 0 Å². The smallest absolute Gasteiger partial charge is 0.340 e. The van der Waals surface area contributed by atoms with Crippen molar-refractivity contribution in [3.05, 3.63) is 73.6 Å². The molecule has 0 aliphatic rings. The van der Waals surface area contributed by atoms with E-state index in [1.807, 2.05) is 0 Å². The summed E-state index contributed by atoms with van der Waals surface area (Å²) in [5.74, 6) is -1.54. The predicted octanol–water partition coefficient (Wildman–Crippen LogP) is 3.04. The second-order valence-corrected chi connectivity index (χ2v) is 4.84. The number of methoxy groups -OCH3 is 1. The summed E-state index contributed by atoms with van der Waals surface area (Å²) in [4.78, 5) is 32.3. The van der Waals surface area contributed by atoms with Gasteiger partial charge in [-0.1, -0.05) is 18.2 Å². The molecule has 0 unspecified atom stereocenters. The number of nitro benzene ring substituents is 2. The number of carbonyl (C=O) groups is 1. The highest BCUT2D eigenvalue weighted by molar-refractivity contribution is 5.99. The molecule has 0 fully saturated rings. The molecule has 0 radical (unpaired) electrons. The predicted molar refractivity (Wildman–Crippen MR) is 84.8 cm³/mol. The molecule has 0 aromatic heterocycles. The molecule has 0 atom stereocenters. The highest BCUT2D eigenvalue weighted by Crippen LogP contribution is 2.34. The van der Waals surface area contributed by atoms with E-state index in [9.17, 15) is 29.4 Å². The Morgan fingerprint density at radius 2 is 1.88 bits per heavy atom. The number of carbonyl (C=O) groups excluding carboxylic acids is 1. The lowest BCUT2D eigenvalue weighted by Gasteiger charge is -2.12. The van der Waals surface area contributed by atoms with Crippen LogP contribution in [0.15, 0.2) is 36.4 Å². The zero-order chi connectivity index (χ0) is 18.6. The van der Waals surface area contributed by atoms with E-state index in [1.165, 1.54) is 18.2 Å². The van der Waals surface area contributed by atoms with Crippen molar-refractivity contribution in [2.75, 3.05) is 12.4 Å². The van der Waals surface area contributed by atoms with E-state index in [4.69, 9.17) is 0 Å². The number of benzene rings is 2. The molecule has 9 nitrogen and oxygen atoms in total. The van der Waals surface area contributed by atoms with E-state index in [0.29, 0.717) is 0 Å². The van der Waals surface area contributed by atoms with E-state index in [2.05, 4.69) is 10.1 Å². The Kier molecular flexibility index (Phi) is 5.22. The van der Waals surface area contributed by atoms with Crippen molar-refractivity contribution in [2.24, 2.45) is 0 Å². The van der Waals surface area contributed by atoms with Crippen molar-refractivity contribution in [1.29, 1.82) is 0 Å². The second kappa shape index (κ2) is 7.34. The zero-order valence-corrected chi connectivity index (χ0v) is 12.9. The molecule has 0 amide bonds. The summed E-state index contributed by atoms with van der Waals surface area (Å²) in [6, 6.07) is 7.30. The number of ether oxygens (including phenoxy) is 1. The Bertz CT molecular complexity index is 855. The Morgan fingerprint density at radius 1 is 1.20 bits per heavy atom. The number of esters is 1. The topological polar surface area (TPSA) is 125 Å². The van der Waals surface area contributed by atoms with Crippen molar-refractivity contribution in [3.63, 3.8) is 0 Å². The fourth-order valence-corrected chi connectivity index (χ4v) is 2.14. The van der Waals surface area contributed by atoms with Crippen LogP contribution in [0.3, 0.4) is 0 Å². The van der Waals surface area contributed by atoms with E-state index < -0.39 is 33.0 Å². The summed E-state index contributed by atoms with van der Waals surface area (Å²) in [5, 5.41) is 24.8. The maximum absolute atomic E-state index is 13.7. The molecule has 0 aliphatic carbocycles. The van der Waals surface area contributed by atoms with E-state index in [-0.39, 0.29) is 23.4 Å². The number of hydrogen-bond donors (Lipinski definition) is 1. The van der Waals surface area contributed by atoms with Crippen molar-refractivity contribution in [3.8, 4) is 0 Å². The van der Waals surface area contributed by atoms with Crippen LogP contribution < -0.4 is 5.32 Å². The van der Waals surface area contributed by atoms with Crippen molar-refractivity contribution in [2.45, 2.75) is 6.54 Å². The third-order valence-electron chi connectivity index (χ3n) is 3.33. The van der Waals surface area contributed by atoms with Gasteiger partial charge in [-0.25, -0.2) is 9.18 Å². The van der Waals surface area contributed by atoms with Gasteiger partial charge in [-0.15, -0.1) is 0 Å². The summed E-state index contributed by atoms with van der Waals surface area (Å²) >= 11 is 0. The Balaban J connectivity index is 2.53. The summed E-state index contributed by atoms with van der Waals surface area (Å²) in [5.41, 5.74) is -1.80. The lowest BCUT2D eigenvalue weighted by molar-refractivity contribution is -0.393. The number of anilines is 1. The third-order valence-corrected chi connectivity index (χ3v) is 3.33. The van der Waals surface area contributed by atoms with Gasteiger partial charge in [-0.05, 0) is 6.07 Å². The molecule has 1 N–H and O–H groups in total. The molecule has 0 aliphatic heterocycles. The van der Waals surface area contributed by atoms with Crippen LogP contribution in [0.5, 0.6) is 0 Å². The molecule has 2 rings (SSSR count). The number of non-ortho nitro benzene ring substituents is 1. The highest BCUT2D eigenvalue weighted by Gasteiger charge is 2.28. The third kappa shape index (κ3) is 3.86. The van der Waals surface area contributed by atoms with Crippen molar-refractivity contribution >= 4 is 23.0 Å². The molecule has 130 valence electrons. The monoisotopic (exact) mass is 349 g/mol. The molecule has 0 bridgehead atoms. The lowest BCUT2D eigenvalue weighted by atomic mass is 10.1. The van der Waals surface area contributed by atoms with Gasteiger partial charge in [-0.3, -0.25) is 20.2 Å². The largest absolute Gasteiger partial charge is 0.465 e. The normalized spacial score (nSPS) is 10.2. The molecule has 25 heavy (non-hydrogen) atoms. The first-order valence-electron chi connectivity index (χ1n) is 6.87. The van der Waals surface area contributed by atoms with Crippen LogP contribution in [0.1, 0.15) is 15.9 Å². The minimum absolute atomic E-state index is 0.171.